The molecule has 0 aromatic carbocycles. The highest BCUT2D eigenvalue weighted by atomic mass is 32.2. The van der Waals surface area contributed by atoms with Crippen LogP contribution in [0.1, 0.15) is 13.8 Å². The van der Waals surface area contributed by atoms with E-state index in [0.29, 0.717) is 32.8 Å². The molecule has 1 aliphatic rings. The molecular formula is C10H20N2O4S. The molecule has 7 heteroatoms. The highest BCUT2D eigenvalue weighted by molar-refractivity contribution is 7.88. The molecule has 0 saturated carbocycles. The van der Waals surface area contributed by atoms with Crippen LogP contribution in [0.15, 0.2) is 0 Å². The predicted molar refractivity (Wildman–Crippen MR) is 64.1 cm³/mol. The third-order valence-electron chi connectivity index (χ3n) is 2.78. The molecule has 17 heavy (non-hydrogen) atoms. The number of hydrogen-bond donors (Lipinski definition) is 0. The van der Waals surface area contributed by atoms with Crippen molar-refractivity contribution in [1.29, 1.82) is 0 Å². The molecule has 1 heterocycles. The zero-order valence-corrected chi connectivity index (χ0v) is 11.4. The van der Waals surface area contributed by atoms with Crippen molar-refractivity contribution in [2.75, 3.05) is 39.0 Å². The second kappa shape index (κ2) is 5.79. The van der Waals surface area contributed by atoms with Gasteiger partial charge in [0.2, 0.25) is 10.0 Å². The second-order valence-corrected chi connectivity index (χ2v) is 6.07. The van der Waals surface area contributed by atoms with Crippen molar-refractivity contribution < 1.29 is 17.9 Å². The lowest BCUT2D eigenvalue weighted by Gasteiger charge is -2.34. The van der Waals surface area contributed by atoms with Crippen molar-refractivity contribution in [2.45, 2.75) is 20.0 Å². The Bertz CT molecular complexity index is 361. The summed E-state index contributed by atoms with van der Waals surface area (Å²) in [5, 5.41) is 0. The van der Waals surface area contributed by atoms with E-state index in [1.54, 1.807) is 11.8 Å². The van der Waals surface area contributed by atoms with E-state index in [1.807, 2.05) is 6.92 Å². The Kier molecular flexibility index (Phi) is 4.91. The van der Waals surface area contributed by atoms with Crippen LogP contribution >= 0.6 is 0 Å². The number of hydrogen-bond acceptors (Lipinski definition) is 4. The molecule has 0 radical (unpaired) electrons. The molecule has 1 rings (SSSR count). The molecule has 100 valence electrons. The van der Waals surface area contributed by atoms with Crippen LogP contribution in [-0.4, -0.2) is 68.7 Å². The molecule has 0 unspecified atom stereocenters. The lowest BCUT2D eigenvalue weighted by atomic mass is 10.3. The van der Waals surface area contributed by atoms with Gasteiger partial charge in [-0.3, -0.25) is 4.79 Å². The van der Waals surface area contributed by atoms with Gasteiger partial charge in [-0.05, 0) is 13.8 Å². The van der Waals surface area contributed by atoms with Gasteiger partial charge in [0.1, 0.15) is 6.10 Å². The Labute approximate surface area is 103 Å². The van der Waals surface area contributed by atoms with Crippen molar-refractivity contribution in [3.05, 3.63) is 0 Å². The van der Waals surface area contributed by atoms with Gasteiger partial charge < -0.3 is 9.64 Å². The molecule has 1 saturated heterocycles. The van der Waals surface area contributed by atoms with E-state index < -0.39 is 16.1 Å². The van der Waals surface area contributed by atoms with Crippen LogP contribution in [0, 0.1) is 0 Å². The number of carbonyl (C=O) groups is 1. The maximum absolute atomic E-state index is 11.9. The molecular weight excluding hydrogens is 244 g/mol. The summed E-state index contributed by atoms with van der Waals surface area (Å²) < 4.78 is 29.2. The Hall–Kier alpha value is -0.660. The van der Waals surface area contributed by atoms with E-state index in [0.717, 1.165) is 0 Å². The minimum atomic E-state index is -3.14. The molecule has 0 aromatic heterocycles. The maximum Gasteiger partial charge on any atom is 0.251 e. The number of sulfonamides is 1. The van der Waals surface area contributed by atoms with Gasteiger partial charge in [0.25, 0.3) is 5.91 Å². The summed E-state index contributed by atoms with van der Waals surface area (Å²) in [5.41, 5.74) is 0. The molecule has 0 N–H and O–H groups in total. The molecule has 1 atom stereocenters. The summed E-state index contributed by atoms with van der Waals surface area (Å²) in [4.78, 5) is 13.5. The lowest BCUT2D eigenvalue weighted by molar-refractivity contribution is -0.143. The van der Waals surface area contributed by atoms with Gasteiger partial charge in [-0.1, -0.05) is 0 Å². The first-order valence-electron chi connectivity index (χ1n) is 5.71. The number of ether oxygens (including phenoxy) is 1. The summed E-state index contributed by atoms with van der Waals surface area (Å²) in [6.07, 6.45) is 0.734. The monoisotopic (exact) mass is 264 g/mol. The third kappa shape index (κ3) is 3.93. The molecule has 1 fully saturated rings. The average molecular weight is 264 g/mol. The standard InChI is InChI=1S/C10H20N2O4S/c1-4-16-9(2)10(13)11-5-7-12(8-6-11)17(3,14)15/h9H,4-8H2,1-3H3/t9-/m0/s1. The van der Waals surface area contributed by atoms with Gasteiger partial charge in [0.05, 0.1) is 6.26 Å². The van der Waals surface area contributed by atoms with Crippen molar-refractivity contribution in [3.63, 3.8) is 0 Å². The zero-order valence-electron chi connectivity index (χ0n) is 10.5. The van der Waals surface area contributed by atoms with E-state index >= 15 is 0 Å². The second-order valence-electron chi connectivity index (χ2n) is 4.08. The summed E-state index contributed by atoms with van der Waals surface area (Å²) in [6.45, 7) is 5.65. The predicted octanol–water partition coefficient (Wildman–Crippen LogP) is -0.485. The van der Waals surface area contributed by atoms with Crippen molar-refractivity contribution >= 4 is 15.9 Å². The fourth-order valence-electron chi connectivity index (χ4n) is 1.82. The molecule has 0 bridgehead atoms. The average Bonchev–Trinajstić information content (AvgIpc) is 2.27. The molecule has 1 amide bonds. The SMILES string of the molecule is CCO[C@@H](C)C(=O)N1CCN(S(C)(=O)=O)CC1. The van der Waals surface area contributed by atoms with Gasteiger partial charge in [0, 0.05) is 32.8 Å². The lowest BCUT2D eigenvalue weighted by Crippen LogP contribution is -2.52. The zero-order chi connectivity index (χ0) is 13.1. The van der Waals surface area contributed by atoms with Crippen LogP contribution in [0.4, 0.5) is 0 Å². The Morgan fingerprint density at radius 2 is 1.82 bits per heavy atom. The van der Waals surface area contributed by atoms with Gasteiger partial charge in [-0.2, -0.15) is 4.31 Å². The molecule has 1 aliphatic heterocycles. The smallest absolute Gasteiger partial charge is 0.251 e. The van der Waals surface area contributed by atoms with Crippen LogP contribution in [-0.2, 0) is 19.6 Å². The van der Waals surface area contributed by atoms with E-state index in [2.05, 4.69) is 0 Å². The van der Waals surface area contributed by atoms with E-state index in [9.17, 15) is 13.2 Å². The molecule has 0 aromatic rings. The first-order valence-corrected chi connectivity index (χ1v) is 7.56. The molecule has 0 spiro atoms. The van der Waals surface area contributed by atoms with Crippen LogP contribution < -0.4 is 0 Å². The number of rotatable bonds is 4. The fraction of sp³-hybridized carbons (Fsp3) is 0.900. The van der Waals surface area contributed by atoms with Crippen molar-refractivity contribution in [2.24, 2.45) is 0 Å². The van der Waals surface area contributed by atoms with Crippen LogP contribution in [0.3, 0.4) is 0 Å². The quantitative estimate of drug-likeness (QED) is 0.687. The fourth-order valence-corrected chi connectivity index (χ4v) is 2.65. The Morgan fingerprint density at radius 1 is 1.29 bits per heavy atom. The van der Waals surface area contributed by atoms with Gasteiger partial charge in [0.15, 0.2) is 0 Å². The summed E-state index contributed by atoms with van der Waals surface area (Å²) in [6, 6.07) is 0. The topological polar surface area (TPSA) is 66.9 Å². The largest absolute Gasteiger partial charge is 0.369 e. The Balaban J connectivity index is 2.49. The van der Waals surface area contributed by atoms with Gasteiger partial charge in [-0.25, -0.2) is 8.42 Å². The third-order valence-corrected chi connectivity index (χ3v) is 4.09. The van der Waals surface area contributed by atoms with Crippen molar-refractivity contribution in [3.8, 4) is 0 Å². The van der Waals surface area contributed by atoms with Crippen molar-refractivity contribution in [1.82, 2.24) is 9.21 Å². The maximum atomic E-state index is 11.9. The van der Waals surface area contributed by atoms with Crippen LogP contribution in [0.5, 0.6) is 0 Å². The minimum absolute atomic E-state index is 0.0694. The number of carbonyl (C=O) groups excluding carboxylic acids is 1. The molecule has 0 aliphatic carbocycles. The van der Waals surface area contributed by atoms with E-state index in [4.69, 9.17) is 4.74 Å². The van der Waals surface area contributed by atoms with Crippen LogP contribution in [0.25, 0.3) is 0 Å². The number of piperazine rings is 1. The normalized spacial score (nSPS) is 20.3. The van der Waals surface area contributed by atoms with E-state index in [1.165, 1.54) is 10.6 Å². The summed E-state index contributed by atoms with van der Waals surface area (Å²) in [5.74, 6) is -0.0694. The highest BCUT2D eigenvalue weighted by Gasteiger charge is 2.28. The number of nitrogens with zero attached hydrogens (tertiary/aromatic N) is 2. The first-order chi connectivity index (χ1) is 7.86. The molecule has 6 nitrogen and oxygen atoms in total. The van der Waals surface area contributed by atoms with Gasteiger partial charge >= 0.3 is 0 Å². The van der Waals surface area contributed by atoms with Gasteiger partial charge in [-0.15, -0.1) is 0 Å². The Morgan fingerprint density at radius 3 is 2.24 bits per heavy atom. The number of amides is 1. The highest BCUT2D eigenvalue weighted by Crippen LogP contribution is 2.08. The summed E-state index contributed by atoms with van der Waals surface area (Å²) in [7, 11) is -3.14. The van der Waals surface area contributed by atoms with E-state index in [-0.39, 0.29) is 5.91 Å². The summed E-state index contributed by atoms with van der Waals surface area (Å²) >= 11 is 0. The van der Waals surface area contributed by atoms with Crippen LogP contribution in [0.2, 0.25) is 0 Å². The minimum Gasteiger partial charge on any atom is -0.369 e. The first kappa shape index (κ1) is 14.4.